The van der Waals surface area contributed by atoms with Crippen molar-refractivity contribution in [3.63, 3.8) is 0 Å². The summed E-state index contributed by atoms with van der Waals surface area (Å²) in [6.45, 7) is 1.31. The molecule has 0 aromatic heterocycles. The van der Waals surface area contributed by atoms with Gasteiger partial charge < -0.3 is 9.84 Å². The highest BCUT2D eigenvalue weighted by molar-refractivity contribution is 7.93. The van der Waals surface area contributed by atoms with E-state index in [-0.39, 0.29) is 18.9 Å². The first kappa shape index (κ1) is 17.3. The topological polar surface area (TPSA) is 92.7 Å². The highest BCUT2D eigenvalue weighted by Crippen LogP contribution is 2.21. The second-order valence-electron chi connectivity index (χ2n) is 3.82. The number of hydrogen-bond donors (Lipinski definition) is 2. The van der Waals surface area contributed by atoms with Gasteiger partial charge in [-0.25, -0.2) is 8.42 Å². The predicted molar refractivity (Wildman–Crippen MR) is 79.5 cm³/mol. The number of benzene rings is 1. The van der Waals surface area contributed by atoms with Gasteiger partial charge in [-0.05, 0) is 25.1 Å². The summed E-state index contributed by atoms with van der Waals surface area (Å²) in [6.07, 6.45) is 0. The maximum atomic E-state index is 11.9. The molecule has 6 nitrogen and oxygen atoms in total. The van der Waals surface area contributed by atoms with Crippen molar-refractivity contribution in [1.82, 2.24) is 0 Å². The fourth-order valence-corrected chi connectivity index (χ4v) is 2.56. The van der Waals surface area contributed by atoms with E-state index in [1.807, 2.05) is 0 Å². The lowest BCUT2D eigenvalue weighted by molar-refractivity contribution is -0.139. The molecule has 2 N–H and O–H groups in total. The van der Waals surface area contributed by atoms with E-state index in [0.717, 1.165) is 0 Å². The summed E-state index contributed by atoms with van der Waals surface area (Å²) in [5.74, 6) is 3.34. The molecule has 1 rings (SSSR count). The van der Waals surface area contributed by atoms with Gasteiger partial charge in [0.15, 0.2) is 5.75 Å². The Morgan fingerprint density at radius 3 is 2.81 bits per heavy atom. The molecule has 114 valence electrons. The van der Waals surface area contributed by atoms with Crippen molar-refractivity contribution in [2.75, 3.05) is 23.7 Å². The largest absolute Gasteiger partial charge is 0.465 e. The van der Waals surface area contributed by atoms with Gasteiger partial charge in [0.25, 0.3) is 0 Å². The molecule has 0 heterocycles. The van der Waals surface area contributed by atoms with Gasteiger partial charge in [-0.3, -0.25) is 9.52 Å². The molecule has 0 saturated carbocycles. The first-order valence-electron chi connectivity index (χ1n) is 5.93. The van der Waals surface area contributed by atoms with Crippen molar-refractivity contribution >= 4 is 33.3 Å². The third-order valence-electron chi connectivity index (χ3n) is 2.16. The Morgan fingerprint density at radius 1 is 1.48 bits per heavy atom. The minimum absolute atomic E-state index is 0.0997. The van der Waals surface area contributed by atoms with Crippen molar-refractivity contribution in [3.8, 4) is 11.8 Å². The Balaban J connectivity index is 2.99. The standard InChI is InChI=1S/C13H14ClNO5S/c1-2-20-13(17)9-21(18,19)15-12-6-5-11(14)8-10(12)4-3-7-16/h5-6,8,15-16H,2,7,9H2,1H3. The van der Waals surface area contributed by atoms with Gasteiger partial charge in [-0.2, -0.15) is 0 Å². The number of aliphatic hydroxyl groups excluding tert-OH is 1. The van der Waals surface area contributed by atoms with E-state index in [1.54, 1.807) is 6.92 Å². The Bertz CT molecular complexity index is 676. The van der Waals surface area contributed by atoms with Crippen LogP contribution in [0.5, 0.6) is 0 Å². The molecule has 1 aromatic carbocycles. The Kier molecular flexibility index (Phi) is 6.49. The van der Waals surface area contributed by atoms with E-state index in [9.17, 15) is 13.2 Å². The number of carbonyl (C=O) groups is 1. The number of rotatable bonds is 5. The van der Waals surface area contributed by atoms with Gasteiger partial charge in [0, 0.05) is 5.02 Å². The lowest BCUT2D eigenvalue weighted by Crippen LogP contribution is -2.24. The van der Waals surface area contributed by atoms with Crippen LogP contribution < -0.4 is 4.72 Å². The Hall–Kier alpha value is -1.75. The molecule has 0 atom stereocenters. The molecule has 0 saturated heterocycles. The summed E-state index contributed by atoms with van der Waals surface area (Å²) in [4.78, 5) is 11.2. The fraction of sp³-hybridized carbons (Fsp3) is 0.308. The number of halogens is 1. The van der Waals surface area contributed by atoms with E-state index < -0.39 is 21.7 Å². The molecule has 8 heteroatoms. The molecule has 1 aromatic rings. The van der Waals surface area contributed by atoms with Crippen LogP contribution >= 0.6 is 11.6 Å². The average molecular weight is 332 g/mol. The van der Waals surface area contributed by atoms with Gasteiger partial charge in [0.1, 0.15) is 6.61 Å². The summed E-state index contributed by atoms with van der Waals surface area (Å²) in [5.41, 5.74) is 0.466. The molecule has 0 spiro atoms. The molecule has 0 radical (unpaired) electrons. The molecule has 0 aliphatic rings. The normalized spacial score (nSPS) is 10.4. The first-order chi connectivity index (χ1) is 9.88. The number of aliphatic hydroxyl groups is 1. The number of carbonyl (C=O) groups excluding carboxylic acids is 1. The Labute approximate surface area is 128 Å². The minimum atomic E-state index is -3.91. The van der Waals surface area contributed by atoms with E-state index in [1.165, 1.54) is 18.2 Å². The van der Waals surface area contributed by atoms with Crippen LogP contribution in [0.2, 0.25) is 5.02 Å². The molecule has 21 heavy (non-hydrogen) atoms. The number of nitrogens with one attached hydrogen (secondary N) is 1. The molecule has 0 unspecified atom stereocenters. The highest BCUT2D eigenvalue weighted by Gasteiger charge is 2.18. The smallest absolute Gasteiger partial charge is 0.323 e. The zero-order valence-corrected chi connectivity index (χ0v) is 12.8. The van der Waals surface area contributed by atoms with Crippen molar-refractivity contribution in [2.45, 2.75) is 6.92 Å². The molecular formula is C13H14ClNO5S. The van der Waals surface area contributed by atoms with Crippen LogP contribution in [0.1, 0.15) is 12.5 Å². The van der Waals surface area contributed by atoms with Crippen molar-refractivity contribution < 1.29 is 23.1 Å². The van der Waals surface area contributed by atoms with Crippen LogP contribution in [0.25, 0.3) is 0 Å². The maximum Gasteiger partial charge on any atom is 0.323 e. The lowest BCUT2D eigenvalue weighted by Gasteiger charge is -2.09. The van der Waals surface area contributed by atoms with Gasteiger partial charge in [0.05, 0.1) is 17.9 Å². The summed E-state index contributed by atoms with van der Waals surface area (Å²) >= 11 is 5.81. The van der Waals surface area contributed by atoms with Gasteiger partial charge in [-0.1, -0.05) is 23.4 Å². The summed E-state index contributed by atoms with van der Waals surface area (Å²) in [7, 11) is -3.91. The molecule has 0 aliphatic carbocycles. The van der Waals surface area contributed by atoms with Crippen LogP contribution in [0.4, 0.5) is 5.69 Å². The summed E-state index contributed by atoms with van der Waals surface area (Å²) in [6, 6.07) is 4.35. The number of sulfonamides is 1. The zero-order valence-electron chi connectivity index (χ0n) is 11.2. The van der Waals surface area contributed by atoms with Gasteiger partial charge in [0.2, 0.25) is 10.0 Å². The third kappa shape index (κ3) is 6.04. The maximum absolute atomic E-state index is 11.9. The van der Waals surface area contributed by atoms with Gasteiger partial charge >= 0.3 is 5.97 Å². The number of esters is 1. The van der Waals surface area contributed by atoms with Crippen LogP contribution in [0, 0.1) is 11.8 Å². The molecular weight excluding hydrogens is 318 g/mol. The van der Waals surface area contributed by atoms with Gasteiger partial charge in [-0.15, -0.1) is 0 Å². The minimum Gasteiger partial charge on any atom is -0.465 e. The third-order valence-corrected chi connectivity index (χ3v) is 3.54. The van der Waals surface area contributed by atoms with E-state index >= 15 is 0 Å². The van der Waals surface area contributed by atoms with Crippen molar-refractivity contribution in [2.24, 2.45) is 0 Å². The Morgan fingerprint density at radius 2 is 2.19 bits per heavy atom. The highest BCUT2D eigenvalue weighted by atomic mass is 35.5. The van der Waals surface area contributed by atoms with E-state index in [0.29, 0.717) is 10.6 Å². The number of anilines is 1. The van der Waals surface area contributed by atoms with Crippen molar-refractivity contribution in [3.05, 3.63) is 28.8 Å². The quantitative estimate of drug-likeness (QED) is 0.620. The zero-order chi connectivity index (χ0) is 15.9. The summed E-state index contributed by atoms with van der Waals surface area (Å²) in [5, 5.41) is 9.06. The van der Waals surface area contributed by atoms with Crippen LogP contribution in [-0.2, 0) is 19.6 Å². The van der Waals surface area contributed by atoms with Crippen molar-refractivity contribution in [1.29, 1.82) is 0 Å². The first-order valence-corrected chi connectivity index (χ1v) is 7.96. The van der Waals surface area contributed by atoms with E-state index in [2.05, 4.69) is 21.3 Å². The molecule has 0 fully saturated rings. The van der Waals surface area contributed by atoms with Crippen LogP contribution in [0.3, 0.4) is 0 Å². The van der Waals surface area contributed by atoms with Crippen LogP contribution in [0.15, 0.2) is 18.2 Å². The monoisotopic (exact) mass is 331 g/mol. The lowest BCUT2D eigenvalue weighted by atomic mass is 10.2. The number of ether oxygens (including phenoxy) is 1. The number of hydrogen-bond acceptors (Lipinski definition) is 5. The van der Waals surface area contributed by atoms with E-state index in [4.69, 9.17) is 16.7 Å². The predicted octanol–water partition coefficient (Wildman–Crippen LogP) is 0.989. The molecule has 0 aliphatic heterocycles. The molecule has 0 amide bonds. The van der Waals surface area contributed by atoms with Crippen LogP contribution in [-0.4, -0.2) is 38.5 Å². The second-order valence-corrected chi connectivity index (χ2v) is 5.97. The molecule has 0 bridgehead atoms. The SMILES string of the molecule is CCOC(=O)CS(=O)(=O)Nc1ccc(Cl)cc1C#CCO. The second kappa shape index (κ2) is 7.88. The average Bonchev–Trinajstić information content (AvgIpc) is 2.38. The fourth-order valence-electron chi connectivity index (χ4n) is 1.41. The summed E-state index contributed by atoms with van der Waals surface area (Å²) < 4.78 is 30.5.